The smallest absolute Gasteiger partial charge is 0.233 e. The molecule has 0 amide bonds. The zero-order valence-corrected chi connectivity index (χ0v) is 14.8. The fourth-order valence-electron chi connectivity index (χ4n) is 2.51. The first-order valence-electron chi connectivity index (χ1n) is 7.73. The van der Waals surface area contributed by atoms with Crippen molar-refractivity contribution < 1.29 is 4.74 Å². The third kappa shape index (κ3) is 3.19. The average Bonchev–Trinajstić information content (AvgIpc) is 3.08. The molecule has 0 saturated heterocycles. The van der Waals surface area contributed by atoms with E-state index in [0.717, 1.165) is 32.5 Å². The molecule has 0 saturated carbocycles. The van der Waals surface area contributed by atoms with Crippen LogP contribution in [0, 0.1) is 0 Å². The Morgan fingerprint density at radius 2 is 1.80 bits per heavy atom. The predicted molar refractivity (Wildman–Crippen MR) is 103 cm³/mol. The number of aromatic nitrogens is 3. The number of rotatable bonds is 4. The van der Waals surface area contributed by atoms with Gasteiger partial charge in [0.15, 0.2) is 0 Å². The highest BCUT2D eigenvalue weighted by Gasteiger charge is 2.09. The van der Waals surface area contributed by atoms with Crippen molar-refractivity contribution in [2.45, 2.75) is 0 Å². The minimum Gasteiger partial charge on any atom is -0.438 e. The number of nitrogens with one attached hydrogen (secondary N) is 1. The van der Waals surface area contributed by atoms with Gasteiger partial charge in [0.2, 0.25) is 5.88 Å². The number of H-pyrrole nitrogens is 1. The number of aromatic amines is 1. The van der Waals surface area contributed by atoms with E-state index in [4.69, 9.17) is 4.74 Å². The van der Waals surface area contributed by atoms with Gasteiger partial charge in [0.25, 0.3) is 0 Å². The zero-order chi connectivity index (χ0) is 17.2. The normalized spacial score (nSPS) is 10.8. The number of para-hydroxylation sites is 2. The van der Waals surface area contributed by atoms with Gasteiger partial charge in [-0.05, 0) is 57.9 Å². The zero-order valence-electron chi connectivity index (χ0n) is 13.2. The summed E-state index contributed by atoms with van der Waals surface area (Å²) in [5.41, 5.74) is 3.74. The number of hydrogen-bond donors (Lipinski definition) is 1. The Kier molecular flexibility index (Phi) is 4.07. The van der Waals surface area contributed by atoms with Crippen LogP contribution < -0.4 is 4.74 Å². The Morgan fingerprint density at radius 1 is 1.00 bits per heavy atom. The standard InChI is InChI=1S/C20H14BrN3O/c1-13(19-23-17-6-2-3-7-18(17)24-19)14-8-10-15(11-9-14)25-20-16(21)5-4-12-22-20/h2-12H,1H2,(H,23,24). The highest BCUT2D eigenvalue weighted by atomic mass is 79.9. The lowest BCUT2D eigenvalue weighted by Crippen LogP contribution is -1.91. The molecule has 0 bridgehead atoms. The molecule has 0 fully saturated rings. The van der Waals surface area contributed by atoms with Gasteiger partial charge >= 0.3 is 0 Å². The average molecular weight is 392 g/mol. The maximum absolute atomic E-state index is 5.79. The topological polar surface area (TPSA) is 50.8 Å². The molecule has 0 radical (unpaired) electrons. The number of nitrogens with zero attached hydrogens (tertiary/aromatic N) is 2. The lowest BCUT2D eigenvalue weighted by Gasteiger charge is -2.08. The summed E-state index contributed by atoms with van der Waals surface area (Å²) >= 11 is 3.42. The van der Waals surface area contributed by atoms with Gasteiger partial charge in [-0.25, -0.2) is 9.97 Å². The van der Waals surface area contributed by atoms with Crippen molar-refractivity contribution in [3.8, 4) is 11.6 Å². The van der Waals surface area contributed by atoms with Gasteiger partial charge in [0.05, 0.1) is 15.5 Å². The van der Waals surface area contributed by atoms with Crippen LogP contribution in [-0.4, -0.2) is 15.0 Å². The molecular formula is C20H14BrN3O. The molecule has 1 N–H and O–H groups in total. The van der Waals surface area contributed by atoms with Gasteiger partial charge in [0.1, 0.15) is 11.6 Å². The Balaban J connectivity index is 1.57. The third-order valence-electron chi connectivity index (χ3n) is 3.82. The molecule has 2 heterocycles. The molecule has 0 spiro atoms. The number of imidazole rings is 1. The maximum atomic E-state index is 5.79. The Hall–Kier alpha value is -2.92. The van der Waals surface area contributed by atoms with Crippen molar-refractivity contribution in [2.75, 3.05) is 0 Å². The third-order valence-corrected chi connectivity index (χ3v) is 4.42. The van der Waals surface area contributed by atoms with Crippen molar-refractivity contribution >= 4 is 32.5 Å². The van der Waals surface area contributed by atoms with Crippen molar-refractivity contribution in [1.82, 2.24) is 15.0 Å². The number of halogens is 1. The molecule has 0 unspecified atom stereocenters. The summed E-state index contributed by atoms with van der Waals surface area (Å²) in [5, 5.41) is 0. The van der Waals surface area contributed by atoms with Crippen molar-refractivity contribution in [3.63, 3.8) is 0 Å². The molecule has 4 nitrogen and oxygen atoms in total. The van der Waals surface area contributed by atoms with Crippen molar-refractivity contribution in [3.05, 3.63) is 89.3 Å². The highest BCUT2D eigenvalue weighted by molar-refractivity contribution is 9.10. The van der Waals surface area contributed by atoms with Crippen LogP contribution in [0.3, 0.4) is 0 Å². The summed E-state index contributed by atoms with van der Waals surface area (Å²) in [6, 6.07) is 19.4. The van der Waals surface area contributed by atoms with E-state index in [1.54, 1.807) is 6.20 Å². The summed E-state index contributed by atoms with van der Waals surface area (Å²) in [6.07, 6.45) is 1.69. The number of ether oxygens (including phenoxy) is 1. The van der Waals surface area contributed by atoms with Crippen LogP contribution in [0.4, 0.5) is 0 Å². The number of hydrogen-bond acceptors (Lipinski definition) is 3. The summed E-state index contributed by atoms with van der Waals surface area (Å²) in [6.45, 7) is 4.16. The van der Waals surface area contributed by atoms with E-state index in [-0.39, 0.29) is 0 Å². The van der Waals surface area contributed by atoms with Crippen LogP contribution in [0.1, 0.15) is 11.4 Å². The molecule has 5 heteroatoms. The van der Waals surface area contributed by atoms with E-state index in [1.165, 1.54) is 0 Å². The molecule has 0 aliphatic heterocycles. The molecule has 25 heavy (non-hydrogen) atoms. The summed E-state index contributed by atoms with van der Waals surface area (Å²) < 4.78 is 6.60. The first kappa shape index (κ1) is 15.6. The van der Waals surface area contributed by atoms with Gasteiger partial charge in [-0.1, -0.05) is 30.8 Å². The quantitative estimate of drug-likeness (QED) is 0.494. The first-order valence-corrected chi connectivity index (χ1v) is 8.53. The predicted octanol–water partition coefficient (Wildman–Crippen LogP) is 5.57. The number of pyridine rings is 1. The van der Waals surface area contributed by atoms with Crippen LogP contribution in [0.25, 0.3) is 16.6 Å². The SMILES string of the molecule is C=C(c1ccc(Oc2ncccc2Br)cc1)c1nc2ccccc2[nH]1. The van der Waals surface area contributed by atoms with Crippen molar-refractivity contribution in [2.24, 2.45) is 0 Å². The minimum atomic E-state index is 0.534. The second kappa shape index (κ2) is 6.53. The molecule has 122 valence electrons. The summed E-state index contributed by atoms with van der Waals surface area (Å²) in [4.78, 5) is 12.1. The molecule has 0 atom stereocenters. The monoisotopic (exact) mass is 391 g/mol. The van der Waals surface area contributed by atoms with Gasteiger partial charge in [-0.2, -0.15) is 0 Å². The van der Waals surface area contributed by atoms with Crippen LogP contribution >= 0.6 is 15.9 Å². The minimum absolute atomic E-state index is 0.534. The molecule has 2 aromatic heterocycles. The van der Waals surface area contributed by atoms with Crippen LogP contribution in [-0.2, 0) is 0 Å². The van der Waals surface area contributed by atoms with E-state index in [1.807, 2.05) is 60.7 Å². The lowest BCUT2D eigenvalue weighted by molar-refractivity contribution is 0.459. The summed E-state index contributed by atoms with van der Waals surface area (Å²) in [5.74, 6) is 2.01. The summed E-state index contributed by atoms with van der Waals surface area (Å²) in [7, 11) is 0. The van der Waals surface area contributed by atoms with Crippen LogP contribution in [0.15, 0.2) is 77.9 Å². The molecule has 4 rings (SSSR count). The molecule has 0 aliphatic rings. The van der Waals surface area contributed by atoms with Gasteiger partial charge in [-0.3, -0.25) is 0 Å². The lowest BCUT2D eigenvalue weighted by atomic mass is 10.1. The largest absolute Gasteiger partial charge is 0.438 e. The van der Waals surface area contributed by atoms with E-state index in [0.29, 0.717) is 11.6 Å². The van der Waals surface area contributed by atoms with Gasteiger partial charge in [0, 0.05) is 11.8 Å². The van der Waals surface area contributed by atoms with E-state index in [2.05, 4.69) is 37.5 Å². The molecule has 0 aliphatic carbocycles. The number of fused-ring (bicyclic) bond motifs is 1. The van der Waals surface area contributed by atoms with Crippen molar-refractivity contribution in [1.29, 1.82) is 0 Å². The first-order chi connectivity index (χ1) is 12.2. The molecular weight excluding hydrogens is 378 g/mol. The Bertz CT molecular complexity index is 1020. The fourth-order valence-corrected chi connectivity index (χ4v) is 2.85. The van der Waals surface area contributed by atoms with Crippen LogP contribution in [0.2, 0.25) is 0 Å². The maximum Gasteiger partial charge on any atom is 0.233 e. The fraction of sp³-hybridized carbons (Fsp3) is 0. The van der Waals surface area contributed by atoms with E-state index < -0.39 is 0 Å². The van der Waals surface area contributed by atoms with E-state index >= 15 is 0 Å². The number of benzene rings is 2. The Morgan fingerprint density at radius 3 is 2.56 bits per heavy atom. The molecule has 2 aromatic carbocycles. The Labute approximate surface area is 153 Å². The highest BCUT2D eigenvalue weighted by Crippen LogP contribution is 2.29. The second-order valence-electron chi connectivity index (χ2n) is 5.50. The van der Waals surface area contributed by atoms with Gasteiger partial charge < -0.3 is 9.72 Å². The molecule has 4 aromatic rings. The van der Waals surface area contributed by atoms with E-state index in [9.17, 15) is 0 Å². The van der Waals surface area contributed by atoms with Crippen LogP contribution in [0.5, 0.6) is 11.6 Å². The van der Waals surface area contributed by atoms with Gasteiger partial charge in [-0.15, -0.1) is 0 Å². The second-order valence-corrected chi connectivity index (χ2v) is 6.35.